The Labute approximate surface area is 174 Å². The molecule has 3 aromatic rings. The Bertz CT molecular complexity index is 986. The molecule has 28 heavy (non-hydrogen) atoms. The Morgan fingerprint density at radius 1 is 1.21 bits per heavy atom. The summed E-state index contributed by atoms with van der Waals surface area (Å²) < 4.78 is 13.8. The molecule has 2 aromatic carbocycles. The van der Waals surface area contributed by atoms with Crippen molar-refractivity contribution in [3.63, 3.8) is 0 Å². The van der Waals surface area contributed by atoms with E-state index in [2.05, 4.69) is 22.5 Å². The fourth-order valence-corrected chi connectivity index (χ4v) is 3.17. The van der Waals surface area contributed by atoms with Gasteiger partial charge in [-0.25, -0.2) is 4.68 Å². The van der Waals surface area contributed by atoms with E-state index < -0.39 is 0 Å². The quantitative estimate of drug-likeness (QED) is 0.485. The Kier molecular flexibility index (Phi) is 6.95. The topological polar surface area (TPSA) is 64.1 Å². The van der Waals surface area contributed by atoms with Gasteiger partial charge < -0.3 is 14.9 Å². The van der Waals surface area contributed by atoms with Crippen LogP contribution in [-0.2, 0) is 19.6 Å². The Morgan fingerprint density at radius 3 is 2.79 bits per heavy atom. The van der Waals surface area contributed by atoms with E-state index in [-0.39, 0.29) is 0 Å². The van der Waals surface area contributed by atoms with Crippen molar-refractivity contribution in [3.8, 4) is 11.5 Å². The van der Waals surface area contributed by atoms with Crippen LogP contribution < -0.4 is 14.9 Å². The first-order valence-corrected chi connectivity index (χ1v) is 9.84. The predicted octanol–water partition coefficient (Wildman–Crippen LogP) is 4.88. The van der Waals surface area contributed by atoms with Crippen LogP contribution in [0.5, 0.6) is 11.5 Å². The number of aromatic amines is 1. The number of halogens is 1. The van der Waals surface area contributed by atoms with Crippen molar-refractivity contribution in [1.82, 2.24) is 14.9 Å². The first kappa shape index (κ1) is 20.2. The van der Waals surface area contributed by atoms with Crippen molar-refractivity contribution >= 4 is 23.8 Å². The van der Waals surface area contributed by atoms with Crippen LogP contribution in [0.3, 0.4) is 0 Å². The Hall–Kier alpha value is -2.51. The van der Waals surface area contributed by atoms with Gasteiger partial charge in [0, 0.05) is 17.0 Å². The first-order chi connectivity index (χ1) is 13.6. The molecule has 0 fully saturated rings. The highest BCUT2D eigenvalue weighted by Crippen LogP contribution is 2.29. The lowest BCUT2D eigenvalue weighted by Crippen LogP contribution is -2.17. The monoisotopic (exact) mass is 418 g/mol. The number of benzene rings is 2. The van der Waals surface area contributed by atoms with E-state index in [1.165, 1.54) is 0 Å². The minimum atomic E-state index is 0.373. The lowest BCUT2D eigenvalue weighted by molar-refractivity contribution is 0.284. The van der Waals surface area contributed by atoms with E-state index in [0.29, 0.717) is 34.4 Å². The van der Waals surface area contributed by atoms with Crippen molar-refractivity contribution in [2.24, 2.45) is 0 Å². The maximum atomic E-state index is 6.19. The second-order valence-electron chi connectivity index (χ2n) is 6.23. The van der Waals surface area contributed by atoms with Crippen LogP contribution in [-0.4, -0.2) is 22.0 Å². The van der Waals surface area contributed by atoms with E-state index >= 15 is 0 Å². The van der Waals surface area contributed by atoms with Gasteiger partial charge in [-0.1, -0.05) is 42.8 Å². The standard InChI is InChI=1S/C20H23ClN4O2S/c1-3-6-19-23-24-20(28)25(19)22-12-14-9-10-17(18(11-14)26-2)27-13-15-7-4-5-8-16(15)21/h4-5,7-11,22H,3,6,12-13H2,1-2H3,(H,24,28). The Morgan fingerprint density at radius 2 is 2.04 bits per heavy atom. The molecule has 148 valence electrons. The maximum Gasteiger partial charge on any atom is 0.214 e. The van der Waals surface area contributed by atoms with Gasteiger partial charge in [-0.15, -0.1) is 0 Å². The number of ether oxygens (including phenoxy) is 2. The van der Waals surface area contributed by atoms with Gasteiger partial charge in [0.1, 0.15) is 6.61 Å². The second-order valence-corrected chi connectivity index (χ2v) is 7.02. The van der Waals surface area contributed by atoms with E-state index in [0.717, 1.165) is 29.8 Å². The van der Waals surface area contributed by atoms with Crippen molar-refractivity contribution in [2.75, 3.05) is 12.5 Å². The number of rotatable bonds is 9. The summed E-state index contributed by atoms with van der Waals surface area (Å²) in [5, 5.41) is 7.76. The summed E-state index contributed by atoms with van der Waals surface area (Å²) in [7, 11) is 1.63. The van der Waals surface area contributed by atoms with Crippen molar-refractivity contribution < 1.29 is 9.47 Å². The molecule has 0 unspecified atom stereocenters. The summed E-state index contributed by atoms with van der Waals surface area (Å²) in [4.78, 5) is 0. The van der Waals surface area contributed by atoms with E-state index in [1.807, 2.05) is 47.1 Å². The lowest BCUT2D eigenvalue weighted by atomic mass is 10.2. The third-order valence-corrected chi connectivity index (χ3v) is 4.87. The van der Waals surface area contributed by atoms with Crippen LogP contribution in [0.4, 0.5) is 0 Å². The third-order valence-electron chi connectivity index (χ3n) is 4.23. The first-order valence-electron chi connectivity index (χ1n) is 9.05. The molecule has 2 N–H and O–H groups in total. The number of nitrogens with zero attached hydrogens (tertiary/aromatic N) is 2. The molecule has 0 amide bonds. The second kappa shape index (κ2) is 9.61. The number of H-pyrrole nitrogens is 1. The zero-order chi connectivity index (χ0) is 19.9. The molecule has 0 spiro atoms. The molecule has 0 saturated heterocycles. The van der Waals surface area contributed by atoms with E-state index in [4.69, 9.17) is 33.3 Å². The summed E-state index contributed by atoms with van der Waals surface area (Å²) in [5.74, 6) is 2.22. The smallest absolute Gasteiger partial charge is 0.214 e. The normalized spacial score (nSPS) is 10.7. The van der Waals surface area contributed by atoms with Crippen molar-refractivity contribution in [1.29, 1.82) is 0 Å². The minimum absolute atomic E-state index is 0.373. The average Bonchev–Trinajstić information content (AvgIpc) is 3.05. The minimum Gasteiger partial charge on any atom is -0.493 e. The van der Waals surface area contributed by atoms with Crippen LogP contribution in [0.15, 0.2) is 42.5 Å². The highest BCUT2D eigenvalue weighted by atomic mass is 35.5. The number of hydrogen-bond donors (Lipinski definition) is 2. The molecular weight excluding hydrogens is 396 g/mol. The molecule has 0 aliphatic heterocycles. The van der Waals surface area contributed by atoms with Gasteiger partial charge in [-0.3, -0.25) is 5.10 Å². The average molecular weight is 419 g/mol. The van der Waals surface area contributed by atoms with Crippen molar-refractivity contribution in [2.45, 2.75) is 32.9 Å². The number of hydrogen-bond acceptors (Lipinski definition) is 5. The van der Waals surface area contributed by atoms with Crippen LogP contribution >= 0.6 is 23.8 Å². The molecule has 6 nitrogen and oxygen atoms in total. The highest BCUT2D eigenvalue weighted by molar-refractivity contribution is 7.71. The molecule has 0 aliphatic carbocycles. The maximum absolute atomic E-state index is 6.19. The fourth-order valence-electron chi connectivity index (χ4n) is 2.77. The molecule has 1 heterocycles. The number of nitrogens with one attached hydrogen (secondary N) is 2. The van der Waals surface area contributed by atoms with Crippen molar-refractivity contribution in [3.05, 3.63) is 69.2 Å². The number of aromatic nitrogens is 3. The summed E-state index contributed by atoms with van der Waals surface area (Å²) in [6, 6.07) is 13.4. The SMILES string of the molecule is CCCc1n[nH]c(=S)n1NCc1ccc(OCc2ccccc2Cl)c(OC)c1. The molecule has 0 saturated carbocycles. The summed E-state index contributed by atoms with van der Waals surface area (Å²) in [5.41, 5.74) is 5.26. The molecular formula is C20H23ClN4O2S. The van der Waals surface area contributed by atoms with Gasteiger partial charge in [0.2, 0.25) is 4.77 Å². The molecule has 0 atom stereocenters. The van der Waals surface area contributed by atoms with Gasteiger partial charge in [0.05, 0.1) is 13.7 Å². The summed E-state index contributed by atoms with van der Waals surface area (Å²) in [6.45, 7) is 3.05. The summed E-state index contributed by atoms with van der Waals surface area (Å²) in [6.07, 6.45) is 1.84. The molecule has 1 aromatic heterocycles. The van der Waals surface area contributed by atoms with Crippen LogP contribution in [0, 0.1) is 4.77 Å². The third kappa shape index (κ3) is 4.85. The van der Waals surface area contributed by atoms with Crippen LogP contribution in [0.25, 0.3) is 0 Å². The highest BCUT2D eigenvalue weighted by Gasteiger charge is 2.09. The van der Waals surface area contributed by atoms with Gasteiger partial charge in [-0.2, -0.15) is 5.10 Å². The molecule has 0 bridgehead atoms. The largest absolute Gasteiger partial charge is 0.493 e. The molecule has 3 rings (SSSR count). The number of methoxy groups -OCH3 is 1. The van der Waals surface area contributed by atoms with Gasteiger partial charge in [0.25, 0.3) is 0 Å². The number of aryl methyl sites for hydroxylation is 1. The lowest BCUT2D eigenvalue weighted by Gasteiger charge is -2.14. The van der Waals surface area contributed by atoms with Gasteiger partial charge >= 0.3 is 0 Å². The fraction of sp³-hybridized carbons (Fsp3) is 0.300. The van der Waals surface area contributed by atoms with Gasteiger partial charge in [0.15, 0.2) is 17.3 Å². The van der Waals surface area contributed by atoms with E-state index in [9.17, 15) is 0 Å². The zero-order valence-electron chi connectivity index (χ0n) is 15.9. The predicted molar refractivity (Wildman–Crippen MR) is 113 cm³/mol. The molecule has 8 heteroatoms. The van der Waals surface area contributed by atoms with E-state index in [1.54, 1.807) is 7.11 Å². The zero-order valence-corrected chi connectivity index (χ0v) is 17.4. The summed E-state index contributed by atoms with van der Waals surface area (Å²) >= 11 is 11.5. The Balaban J connectivity index is 1.68. The van der Waals surface area contributed by atoms with Gasteiger partial charge in [-0.05, 0) is 42.4 Å². The van der Waals surface area contributed by atoms with Crippen LogP contribution in [0.2, 0.25) is 5.02 Å². The molecule has 0 aliphatic rings. The molecule has 0 radical (unpaired) electrons. The van der Waals surface area contributed by atoms with Crippen LogP contribution in [0.1, 0.15) is 30.3 Å².